The first-order chi connectivity index (χ1) is 17.6. The summed E-state index contributed by atoms with van der Waals surface area (Å²) in [4.78, 5) is 48.5. The van der Waals surface area contributed by atoms with Crippen LogP contribution in [0.15, 0.2) is 40.6 Å². The van der Waals surface area contributed by atoms with Crippen LogP contribution in [0.1, 0.15) is 24.4 Å². The lowest BCUT2D eigenvalue weighted by Crippen LogP contribution is -2.33. The zero-order chi connectivity index (χ0) is 26.3. The molecule has 198 valence electrons. The van der Waals surface area contributed by atoms with Gasteiger partial charge in [-0.25, -0.2) is 24.3 Å². The zero-order valence-corrected chi connectivity index (χ0v) is 20.3. The Kier molecular flexibility index (Phi) is 6.80. The third-order valence-corrected chi connectivity index (χ3v) is 6.97. The van der Waals surface area contributed by atoms with Crippen LogP contribution >= 0.6 is 7.82 Å². The molecule has 5 heterocycles. The number of fused-ring (bicyclic) bond motifs is 1. The van der Waals surface area contributed by atoms with Gasteiger partial charge in [0, 0.05) is 18.2 Å². The normalized spacial score (nSPS) is 27.2. The highest BCUT2D eigenvalue weighted by molar-refractivity contribution is 7.47. The predicted molar refractivity (Wildman–Crippen MR) is 125 cm³/mol. The van der Waals surface area contributed by atoms with E-state index in [9.17, 15) is 24.2 Å². The number of phosphoric ester groups is 1. The Morgan fingerprint density at radius 3 is 2.84 bits per heavy atom. The highest BCUT2D eigenvalue weighted by atomic mass is 31.2. The van der Waals surface area contributed by atoms with Crippen LogP contribution < -0.4 is 17.0 Å². The first-order valence-corrected chi connectivity index (χ1v) is 12.7. The molecule has 0 aliphatic carbocycles. The molecule has 37 heavy (non-hydrogen) atoms. The van der Waals surface area contributed by atoms with E-state index in [4.69, 9.17) is 24.3 Å². The highest BCUT2D eigenvalue weighted by Crippen LogP contribution is 2.48. The first-order valence-electron chi connectivity index (χ1n) is 11.2. The molecule has 5 rings (SSSR count). The largest absolute Gasteiger partial charge is 0.472 e. The minimum absolute atomic E-state index is 0.0505. The first kappa shape index (κ1) is 25.4. The van der Waals surface area contributed by atoms with Gasteiger partial charge < -0.3 is 25.2 Å². The highest BCUT2D eigenvalue weighted by Gasteiger charge is 2.42. The lowest BCUT2D eigenvalue weighted by atomic mass is 10.2. The molecule has 2 aliphatic heterocycles. The van der Waals surface area contributed by atoms with Crippen LogP contribution in [-0.2, 0) is 23.1 Å². The van der Waals surface area contributed by atoms with Crippen LogP contribution in [0.5, 0.6) is 0 Å². The summed E-state index contributed by atoms with van der Waals surface area (Å²) in [7, 11) is -4.62. The van der Waals surface area contributed by atoms with Crippen LogP contribution in [-0.4, -0.2) is 70.6 Å². The van der Waals surface area contributed by atoms with Crippen molar-refractivity contribution in [2.24, 2.45) is 0 Å². The number of hydrogen-bond acceptors (Lipinski definition) is 12. The van der Waals surface area contributed by atoms with Gasteiger partial charge in [-0.3, -0.25) is 28.0 Å². The van der Waals surface area contributed by atoms with Gasteiger partial charge in [0.05, 0.1) is 19.5 Å². The summed E-state index contributed by atoms with van der Waals surface area (Å²) >= 11 is 0. The Bertz CT molecular complexity index is 1500. The van der Waals surface area contributed by atoms with Crippen molar-refractivity contribution in [3.8, 4) is 0 Å². The Balaban J connectivity index is 1.20. The van der Waals surface area contributed by atoms with Crippen LogP contribution in [0.4, 0.5) is 5.82 Å². The summed E-state index contributed by atoms with van der Waals surface area (Å²) in [6.45, 7) is 0.658. The van der Waals surface area contributed by atoms with E-state index in [0.717, 1.165) is 4.57 Å². The van der Waals surface area contributed by atoms with Crippen molar-refractivity contribution in [3.05, 3.63) is 57.4 Å². The fourth-order valence-corrected chi connectivity index (χ4v) is 5.07. The molecule has 0 spiro atoms. The number of rotatable bonds is 8. The molecule has 5 N–H and O–H groups in total. The number of aliphatic hydroxyl groups is 1. The Hall–Kier alpha value is -3.24. The topological polar surface area (TPSA) is 219 Å². The molecular formula is C20H24N7O9P. The minimum Gasteiger partial charge on any atom is -0.394 e. The number of nitrogens with two attached hydrogens (primary N) is 1. The Morgan fingerprint density at radius 2 is 2.05 bits per heavy atom. The molecule has 3 aromatic rings. The van der Waals surface area contributed by atoms with E-state index in [-0.39, 0.29) is 24.4 Å². The van der Waals surface area contributed by atoms with Crippen LogP contribution in [0, 0.1) is 6.92 Å². The van der Waals surface area contributed by atoms with E-state index in [2.05, 4.69) is 19.9 Å². The van der Waals surface area contributed by atoms with Crippen LogP contribution in [0.25, 0.3) is 11.2 Å². The smallest absolute Gasteiger partial charge is 0.394 e. The molecule has 1 fully saturated rings. The average Bonchev–Trinajstić information content (AvgIpc) is 3.58. The van der Waals surface area contributed by atoms with Gasteiger partial charge in [0.15, 0.2) is 17.7 Å². The standard InChI is InChI=1S/C20H24N7O9P/c1-10-5-26(20(30)25-19(10)29)15-4-12(13(6-28)35-15)36-37(31,32)33-7-11-2-3-14(34-11)27-9-24-16-17(21)22-8-23-18(16)27/h2-3,5,8-9,11-15,28H,4,6-7H2,1H3,(H,31,32)(H2,21,22,23)(H,25,29,30)/t11-,12?,13+,14+,15+/m0/s1. The summed E-state index contributed by atoms with van der Waals surface area (Å²) in [5.41, 5.74) is 5.69. The zero-order valence-electron chi connectivity index (χ0n) is 19.4. The number of imidazole rings is 1. The number of anilines is 1. The van der Waals surface area contributed by atoms with E-state index in [1.807, 2.05) is 0 Å². The van der Waals surface area contributed by atoms with E-state index in [1.54, 1.807) is 16.7 Å². The summed E-state index contributed by atoms with van der Waals surface area (Å²) in [6, 6.07) is 0. The fourth-order valence-electron chi connectivity index (χ4n) is 4.11. The van der Waals surface area contributed by atoms with Crippen molar-refractivity contribution < 1.29 is 33.1 Å². The second kappa shape index (κ2) is 9.90. The molecule has 2 aliphatic rings. The van der Waals surface area contributed by atoms with Gasteiger partial charge in [-0.2, -0.15) is 0 Å². The number of aromatic nitrogens is 6. The Morgan fingerprint density at radius 1 is 1.24 bits per heavy atom. The molecule has 2 unspecified atom stereocenters. The number of aliphatic hydroxyl groups excluding tert-OH is 1. The molecule has 0 bridgehead atoms. The van der Waals surface area contributed by atoms with Gasteiger partial charge in [-0.15, -0.1) is 0 Å². The molecule has 0 aromatic carbocycles. The second-order valence-corrected chi connectivity index (χ2v) is 9.87. The summed E-state index contributed by atoms with van der Waals surface area (Å²) in [5.74, 6) is 0.226. The number of aromatic amines is 1. The van der Waals surface area contributed by atoms with Crippen molar-refractivity contribution in [2.75, 3.05) is 18.9 Å². The van der Waals surface area contributed by atoms with Crippen molar-refractivity contribution in [2.45, 2.75) is 44.1 Å². The molecule has 0 radical (unpaired) electrons. The van der Waals surface area contributed by atoms with Crippen molar-refractivity contribution in [1.82, 2.24) is 29.1 Å². The number of nitrogens with zero attached hydrogens (tertiary/aromatic N) is 5. The molecular weight excluding hydrogens is 513 g/mol. The molecule has 16 nitrogen and oxygen atoms in total. The Labute approximate surface area is 207 Å². The molecule has 1 saturated heterocycles. The number of H-pyrrole nitrogens is 1. The molecule has 17 heteroatoms. The molecule has 0 saturated carbocycles. The maximum atomic E-state index is 12.7. The van der Waals surface area contributed by atoms with Gasteiger partial charge in [0.2, 0.25) is 0 Å². The van der Waals surface area contributed by atoms with Crippen molar-refractivity contribution >= 4 is 24.8 Å². The van der Waals surface area contributed by atoms with Gasteiger partial charge in [0.25, 0.3) is 5.56 Å². The molecule has 3 aromatic heterocycles. The average molecular weight is 537 g/mol. The summed E-state index contributed by atoms with van der Waals surface area (Å²) in [6.07, 6.45) is 3.11. The van der Waals surface area contributed by atoms with Gasteiger partial charge in [0.1, 0.15) is 36.4 Å². The van der Waals surface area contributed by atoms with Crippen LogP contribution in [0.3, 0.4) is 0 Å². The maximum absolute atomic E-state index is 12.7. The third kappa shape index (κ3) is 5.13. The van der Waals surface area contributed by atoms with E-state index >= 15 is 0 Å². The molecule has 6 atom stereocenters. The number of phosphoric acid groups is 1. The number of aryl methyl sites for hydroxylation is 1. The number of nitrogens with one attached hydrogen (secondary N) is 1. The quantitative estimate of drug-likeness (QED) is 0.211. The summed E-state index contributed by atoms with van der Waals surface area (Å²) in [5, 5.41) is 9.66. The number of hydrogen-bond donors (Lipinski definition) is 4. The van der Waals surface area contributed by atoms with Gasteiger partial charge >= 0.3 is 13.5 Å². The lowest BCUT2D eigenvalue weighted by Gasteiger charge is -2.21. The van der Waals surface area contributed by atoms with Gasteiger partial charge in [-0.1, -0.05) is 6.08 Å². The van der Waals surface area contributed by atoms with E-state index < -0.39 is 56.4 Å². The SMILES string of the molecule is Cc1cn([C@H]2CC(OP(=O)(O)OC[C@@H]3C=C[C@H](n4cnc5c(N)ncnc54)O3)[C@@H](CO)O2)c(=O)[nH]c1=O. The maximum Gasteiger partial charge on any atom is 0.472 e. The van der Waals surface area contributed by atoms with Crippen molar-refractivity contribution in [3.63, 3.8) is 0 Å². The minimum atomic E-state index is -4.62. The van der Waals surface area contributed by atoms with Gasteiger partial charge in [-0.05, 0) is 13.0 Å². The predicted octanol–water partition coefficient (Wildman–Crippen LogP) is -0.497. The van der Waals surface area contributed by atoms with E-state index in [0.29, 0.717) is 11.2 Å². The van der Waals surface area contributed by atoms with Crippen molar-refractivity contribution in [1.29, 1.82) is 0 Å². The second-order valence-electron chi connectivity index (χ2n) is 8.47. The third-order valence-electron chi connectivity index (χ3n) is 5.95. The lowest BCUT2D eigenvalue weighted by molar-refractivity contribution is -0.0490. The van der Waals surface area contributed by atoms with E-state index in [1.165, 1.54) is 25.8 Å². The number of ether oxygens (including phenoxy) is 2. The number of nitrogen functional groups attached to an aromatic ring is 1. The van der Waals surface area contributed by atoms with Crippen LogP contribution in [0.2, 0.25) is 0 Å². The fraction of sp³-hybridized carbons (Fsp3) is 0.450. The summed E-state index contributed by atoms with van der Waals surface area (Å²) < 4.78 is 37.3. The monoisotopic (exact) mass is 537 g/mol. The molecule has 0 amide bonds.